The Morgan fingerprint density at radius 1 is 1.55 bits per heavy atom. The van der Waals surface area contributed by atoms with Crippen LogP contribution in [0, 0.1) is 12.8 Å². The normalized spacial score (nSPS) is 22.1. The number of carboxylic acids is 1. The molecular formula is C12H17N3O5. The highest BCUT2D eigenvalue weighted by atomic mass is 16.5. The Morgan fingerprint density at radius 2 is 2.30 bits per heavy atom. The zero-order valence-electron chi connectivity index (χ0n) is 11.3. The lowest BCUT2D eigenvalue weighted by Crippen LogP contribution is -2.44. The van der Waals surface area contributed by atoms with Gasteiger partial charge in [0.1, 0.15) is 0 Å². The summed E-state index contributed by atoms with van der Waals surface area (Å²) >= 11 is 0. The summed E-state index contributed by atoms with van der Waals surface area (Å²) in [5.74, 6) is -1.54. The Balaban J connectivity index is 1.88. The fourth-order valence-corrected chi connectivity index (χ4v) is 2.16. The van der Waals surface area contributed by atoms with Gasteiger partial charge in [-0.3, -0.25) is 19.8 Å². The van der Waals surface area contributed by atoms with E-state index in [1.54, 1.807) is 24.9 Å². The molecule has 20 heavy (non-hydrogen) atoms. The number of carboxylic acid groups (broad SMARTS) is 1. The van der Waals surface area contributed by atoms with Crippen molar-refractivity contribution >= 4 is 17.8 Å². The van der Waals surface area contributed by atoms with E-state index in [9.17, 15) is 9.59 Å². The molecule has 0 saturated carbocycles. The fraction of sp³-hybridized carbons (Fsp3) is 0.583. The van der Waals surface area contributed by atoms with Crippen LogP contribution in [0.1, 0.15) is 5.69 Å². The molecular weight excluding hydrogens is 266 g/mol. The second kappa shape index (κ2) is 6.02. The molecule has 0 aromatic carbocycles. The summed E-state index contributed by atoms with van der Waals surface area (Å²) < 4.78 is 10.1. The van der Waals surface area contributed by atoms with Gasteiger partial charge in [-0.1, -0.05) is 5.16 Å². The van der Waals surface area contributed by atoms with Gasteiger partial charge in [-0.05, 0) is 14.0 Å². The third-order valence-electron chi connectivity index (χ3n) is 3.22. The lowest BCUT2D eigenvalue weighted by Gasteiger charge is -2.25. The van der Waals surface area contributed by atoms with E-state index in [0.717, 1.165) is 0 Å². The lowest BCUT2D eigenvalue weighted by atomic mass is 10.0. The van der Waals surface area contributed by atoms with Gasteiger partial charge < -0.3 is 14.4 Å². The van der Waals surface area contributed by atoms with Gasteiger partial charge >= 0.3 is 5.97 Å². The van der Waals surface area contributed by atoms with E-state index in [4.69, 9.17) is 14.4 Å². The van der Waals surface area contributed by atoms with Gasteiger partial charge in [0.05, 0.1) is 31.4 Å². The van der Waals surface area contributed by atoms with E-state index >= 15 is 0 Å². The molecule has 2 heterocycles. The van der Waals surface area contributed by atoms with Crippen molar-refractivity contribution in [2.75, 3.05) is 32.1 Å². The molecule has 2 atom stereocenters. The molecule has 2 unspecified atom stereocenters. The predicted molar refractivity (Wildman–Crippen MR) is 68.2 cm³/mol. The van der Waals surface area contributed by atoms with Crippen LogP contribution in [-0.4, -0.2) is 59.9 Å². The number of nitrogens with zero attached hydrogens (tertiary/aromatic N) is 2. The summed E-state index contributed by atoms with van der Waals surface area (Å²) in [6.45, 7) is 2.28. The first-order valence-electron chi connectivity index (χ1n) is 6.21. The van der Waals surface area contributed by atoms with Crippen LogP contribution in [0.15, 0.2) is 10.6 Å². The lowest BCUT2D eigenvalue weighted by molar-refractivity contribution is -0.143. The summed E-state index contributed by atoms with van der Waals surface area (Å²) in [6.07, 6.45) is 0. The van der Waals surface area contributed by atoms with Crippen LogP contribution in [0.5, 0.6) is 0 Å². The highest BCUT2D eigenvalue weighted by Crippen LogP contribution is 2.19. The number of aliphatic carboxylic acids is 1. The third kappa shape index (κ3) is 3.34. The number of likely N-dealkylation sites (N-methyl/N-ethyl adjacent to an activating group) is 1. The second-order valence-electron chi connectivity index (χ2n) is 4.85. The number of aryl methyl sites for hydroxylation is 1. The number of nitrogens with one attached hydrogen (secondary N) is 1. The number of hydrogen-bond acceptors (Lipinski definition) is 6. The maximum Gasteiger partial charge on any atom is 0.310 e. The summed E-state index contributed by atoms with van der Waals surface area (Å²) in [7, 11) is 1.69. The molecule has 0 radical (unpaired) electrons. The van der Waals surface area contributed by atoms with Crippen molar-refractivity contribution in [1.29, 1.82) is 0 Å². The standard InChI is InChI=1S/C12H17N3O5/c1-7-3-11(20-14-7)13-10(16)4-15(2)9-6-19-5-8(9)12(17)18/h3,8-9H,4-6H2,1-2H3,(H,13,16)(H,17,18). The molecule has 1 aromatic heterocycles. The smallest absolute Gasteiger partial charge is 0.310 e. The Hall–Kier alpha value is -1.93. The Kier molecular flexibility index (Phi) is 4.35. The van der Waals surface area contributed by atoms with Gasteiger partial charge in [-0.2, -0.15) is 0 Å². The van der Waals surface area contributed by atoms with E-state index < -0.39 is 11.9 Å². The van der Waals surface area contributed by atoms with Crippen LogP contribution in [0.2, 0.25) is 0 Å². The molecule has 1 saturated heterocycles. The quantitative estimate of drug-likeness (QED) is 0.780. The van der Waals surface area contributed by atoms with Crippen molar-refractivity contribution in [2.45, 2.75) is 13.0 Å². The van der Waals surface area contributed by atoms with Crippen molar-refractivity contribution in [2.24, 2.45) is 5.92 Å². The molecule has 1 aliphatic rings. The summed E-state index contributed by atoms with van der Waals surface area (Å²) in [5.41, 5.74) is 0.670. The van der Waals surface area contributed by atoms with E-state index in [1.165, 1.54) is 0 Å². The molecule has 110 valence electrons. The average Bonchev–Trinajstić information content (AvgIpc) is 2.97. The molecule has 0 spiro atoms. The summed E-state index contributed by atoms with van der Waals surface area (Å²) in [5, 5.41) is 15.3. The minimum absolute atomic E-state index is 0.0531. The molecule has 0 bridgehead atoms. The number of rotatable bonds is 5. The average molecular weight is 283 g/mol. The molecule has 1 aromatic rings. The molecule has 0 aliphatic carbocycles. The van der Waals surface area contributed by atoms with Crippen molar-refractivity contribution < 1.29 is 24.0 Å². The number of ether oxygens (including phenoxy) is 1. The number of amides is 1. The number of anilines is 1. The first-order valence-corrected chi connectivity index (χ1v) is 6.21. The van der Waals surface area contributed by atoms with Crippen LogP contribution < -0.4 is 5.32 Å². The third-order valence-corrected chi connectivity index (χ3v) is 3.22. The number of hydrogen-bond donors (Lipinski definition) is 2. The van der Waals surface area contributed by atoms with Gasteiger partial charge in [-0.25, -0.2) is 0 Å². The summed E-state index contributed by atoms with van der Waals surface area (Å²) in [4.78, 5) is 24.6. The largest absolute Gasteiger partial charge is 0.481 e. The maximum absolute atomic E-state index is 11.8. The van der Waals surface area contributed by atoms with E-state index in [0.29, 0.717) is 12.3 Å². The van der Waals surface area contributed by atoms with Crippen LogP contribution in [0.4, 0.5) is 5.88 Å². The van der Waals surface area contributed by atoms with E-state index in [2.05, 4.69) is 10.5 Å². The topological polar surface area (TPSA) is 105 Å². The SMILES string of the molecule is Cc1cc(NC(=O)CN(C)C2COCC2C(=O)O)on1. The second-order valence-corrected chi connectivity index (χ2v) is 4.85. The van der Waals surface area contributed by atoms with Gasteiger partial charge in [-0.15, -0.1) is 0 Å². The monoisotopic (exact) mass is 283 g/mol. The minimum atomic E-state index is -0.911. The molecule has 8 heteroatoms. The van der Waals surface area contributed by atoms with Crippen molar-refractivity contribution in [3.63, 3.8) is 0 Å². The van der Waals surface area contributed by atoms with Gasteiger partial charge in [0, 0.05) is 12.1 Å². The molecule has 2 N–H and O–H groups in total. The Bertz CT molecular complexity index is 501. The molecule has 1 aliphatic heterocycles. The van der Waals surface area contributed by atoms with Crippen molar-refractivity contribution in [3.8, 4) is 0 Å². The van der Waals surface area contributed by atoms with Gasteiger partial charge in [0.2, 0.25) is 11.8 Å². The molecule has 8 nitrogen and oxygen atoms in total. The molecule has 1 amide bonds. The van der Waals surface area contributed by atoms with Crippen LogP contribution in [0.25, 0.3) is 0 Å². The Morgan fingerprint density at radius 3 is 2.90 bits per heavy atom. The van der Waals surface area contributed by atoms with Gasteiger partial charge in [0.15, 0.2) is 0 Å². The minimum Gasteiger partial charge on any atom is -0.481 e. The number of carbonyl (C=O) groups excluding carboxylic acids is 1. The van der Waals surface area contributed by atoms with Crippen LogP contribution in [0.3, 0.4) is 0 Å². The highest BCUT2D eigenvalue weighted by molar-refractivity contribution is 5.91. The number of aromatic nitrogens is 1. The zero-order valence-corrected chi connectivity index (χ0v) is 11.3. The fourth-order valence-electron chi connectivity index (χ4n) is 2.16. The van der Waals surface area contributed by atoms with E-state index in [1.807, 2.05) is 0 Å². The number of carbonyl (C=O) groups is 2. The van der Waals surface area contributed by atoms with Crippen molar-refractivity contribution in [1.82, 2.24) is 10.1 Å². The van der Waals surface area contributed by atoms with Crippen LogP contribution in [-0.2, 0) is 14.3 Å². The highest BCUT2D eigenvalue weighted by Gasteiger charge is 2.37. The van der Waals surface area contributed by atoms with E-state index in [-0.39, 0.29) is 31.0 Å². The first kappa shape index (κ1) is 14.5. The first-order chi connectivity index (χ1) is 9.47. The van der Waals surface area contributed by atoms with Crippen molar-refractivity contribution in [3.05, 3.63) is 11.8 Å². The zero-order chi connectivity index (χ0) is 14.7. The van der Waals surface area contributed by atoms with Crippen LogP contribution >= 0.6 is 0 Å². The molecule has 1 fully saturated rings. The molecule has 2 rings (SSSR count). The Labute approximate surface area is 115 Å². The summed E-state index contributed by atoms with van der Waals surface area (Å²) in [6, 6.07) is 1.30. The maximum atomic E-state index is 11.8. The predicted octanol–water partition coefficient (Wildman–Crippen LogP) is -0.0471. The van der Waals surface area contributed by atoms with Gasteiger partial charge in [0.25, 0.3) is 0 Å².